The molecule has 0 spiro atoms. The van der Waals surface area contributed by atoms with Crippen LogP contribution in [0.25, 0.3) is 0 Å². The lowest BCUT2D eigenvalue weighted by Crippen LogP contribution is -2.09. The minimum absolute atomic E-state index is 0.427. The molecule has 0 atom stereocenters. The Morgan fingerprint density at radius 3 is 2.44 bits per heavy atom. The van der Waals surface area contributed by atoms with Crippen LogP contribution in [0, 0.1) is 0 Å². The standard InChI is InChI=1S/C15H16O3/c1-3-5-10-13(9-4-2)17-15(16)18-14-11-7-6-8-12-14/h3-12H,1-2H3/b5-3-,9-4-,13-10+. The molecule has 0 aliphatic carbocycles. The minimum Gasteiger partial charge on any atom is -0.395 e. The van der Waals surface area contributed by atoms with Crippen molar-refractivity contribution < 1.29 is 14.3 Å². The van der Waals surface area contributed by atoms with E-state index in [1.165, 1.54) is 0 Å². The van der Waals surface area contributed by atoms with Crippen LogP contribution in [0.1, 0.15) is 13.8 Å². The average Bonchev–Trinajstić information content (AvgIpc) is 2.37. The summed E-state index contributed by atoms with van der Waals surface area (Å²) in [6, 6.07) is 8.78. The van der Waals surface area contributed by atoms with Crippen molar-refractivity contribution in [3.05, 3.63) is 66.5 Å². The molecule has 18 heavy (non-hydrogen) atoms. The van der Waals surface area contributed by atoms with Gasteiger partial charge in [0.05, 0.1) is 0 Å². The van der Waals surface area contributed by atoms with Gasteiger partial charge in [0, 0.05) is 0 Å². The van der Waals surface area contributed by atoms with E-state index in [0.29, 0.717) is 11.5 Å². The number of ether oxygens (including phenoxy) is 2. The Morgan fingerprint density at radius 1 is 1.11 bits per heavy atom. The maximum absolute atomic E-state index is 11.5. The molecule has 3 heteroatoms. The molecule has 1 aromatic rings. The molecular weight excluding hydrogens is 228 g/mol. The Morgan fingerprint density at radius 2 is 1.83 bits per heavy atom. The summed E-state index contributed by atoms with van der Waals surface area (Å²) < 4.78 is 10.1. The van der Waals surface area contributed by atoms with E-state index in [4.69, 9.17) is 9.47 Å². The molecule has 0 fully saturated rings. The maximum atomic E-state index is 11.5. The van der Waals surface area contributed by atoms with Gasteiger partial charge in [-0.2, -0.15) is 0 Å². The highest BCUT2D eigenvalue weighted by Gasteiger charge is 2.07. The normalized spacial score (nSPS) is 12.0. The third kappa shape index (κ3) is 5.16. The number of carbonyl (C=O) groups is 1. The average molecular weight is 244 g/mol. The number of hydrogen-bond donors (Lipinski definition) is 0. The molecule has 0 heterocycles. The Kier molecular flexibility index (Phi) is 6.04. The van der Waals surface area contributed by atoms with Gasteiger partial charge in [0.25, 0.3) is 0 Å². The fourth-order valence-electron chi connectivity index (χ4n) is 1.18. The summed E-state index contributed by atoms with van der Waals surface area (Å²) in [6.45, 7) is 3.72. The molecule has 0 saturated heterocycles. The van der Waals surface area contributed by atoms with Crippen LogP contribution in [-0.2, 0) is 4.74 Å². The third-order valence-corrected chi connectivity index (χ3v) is 1.93. The highest BCUT2D eigenvalue weighted by Crippen LogP contribution is 2.11. The predicted molar refractivity (Wildman–Crippen MR) is 71.3 cm³/mol. The first kappa shape index (κ1) is 13.8. The Labute approximate surface area is 107 Å². The van der Waals surface area contributed by atoms with Crippen LogP contribution in [0.2, 0.25) is 0 Å². The first-order valence-corrected chi connectivity index (χ1v) is 5.66. The lowest BCUT2D eigenvalue weighted by Gasteiger charge is -2.05. The van der Waals surface area contributed by atoms with E-state index in [0.717, 1.165) is 0 Å². The van der Waals surface area contributed by atoms with Crippen molar-refractivity contribution in [2.24, 2.45) is 0 Å². The van der Waals surface area contributed by atoms with E-state index in [1.54, 1.807) is 48.6 Å². The Bertz CT molecular complexity index is 456. The van der Waals surface area contributed by atoms with E-state index in [1.807, 2.05) is 26.0 Å². The van der Waals surface area contributed by atoms with E-state index < -0.39 is 6.16 Å². The second kappa shape index (κ2) is 7.90. The van der Waals surface area contributed by atoms with Crippen LogP contribution in [0.15, 0.2) is 66.5 Å². The number of rotatable bonds is 4. The molecule has 94 valence electrons. The van der Waals surface area contributed by atoms with Gasteiger partial charge >= 0.3 is 6.16 Å². The largest absolute Gasteiger partial charge is 0.519 e. The van der Waals surface area contributed by atoms with Gasteiger partial charge in [0.2, 0.25) is 0 Å². The lowest BCUT2D eigenvalue weighted by molar-refractivity contribution is 0.129. The number of para-hydroxylation sites is 1. The first-order valence-electron chi connectivity index (χ1n) is 5.66. The Balaban J connectivity index is 2.62. The molecule has 0 amide bonds. The van der Waals surface area contributed by atoms with Crippen molar-refractivity contribution in [3.63, 3.8) is 0 Å². The van der Waals surface area contributed by atoms with Gasteiger partial charge in [0.15, 0.2) is 0 Å². The second-order valence-electron chi connectivity index (χ2n) is 3.36. The van der Waals surface area contributed by atoms with Gasteiger partial charge in [-0.1, -0.05) is 36.4 Å². The molecule has 0 bridgehead atoms. The molecule has 0 N–H and O–H groups in total. The van der Waals surface area contributed by atoms with Crippen LogP contribution >= 0.6 is 0 Å². The number of benzene rings is 1. The van der Waals surface area contributed by atoms with Crippen LogP contribution in [0.3, 0.4) is 0 Å². The van der Waals surface area contributed by atoms with Crippen LogP contribution in [-0.4, -0.2) is 6.16 Å². The van der Waals surface area contributed by atoms with Crippen molar-refractivity contribution in [3.8, 4) is 5.75 Å². The molecular formula is C15H16O3. The summed E-state index contributed by atoms with van der Waals surface area (Å²) in [4.78, 5) is 11.5. The number of allylic oxidation sites excluding steroid dienone is 5. The summed E-state index contributed by atoms with van der Waals surface area (Å²) >= 11 is 0. The van der Waals surface area contributed by atoms with E-state index >= 15 is 0 Å². The molecule has 0 saturated carbocycles. The van der Waals surface area contributed by atoms with Crippen LogP contribution in [0.4, 0.5) is 4.79 Å². The molecule has 1 rings (SSSR count). The molecule has 0 unspecified atom stereocenters. The Hall–Kier alpha value is -2.29. The number of hydrogen-bond acceptors (Lipinski definition) is 3. The molecule has 1 aromatic carbocycles. The maximum Gasteiger partial charge on any atom is 0.519 e. The van der Waals surface area contributed by atoms with E-state index in [9.17, 15) is 4.79 Å². The van der Waals surface area contributed by atoms with Gasteiger partial charge in [0.1, 0.15) is 11.5 Å². The highest BCUT2D eigenvalue weighted by atomic mass is 16.7. The first-order chi connectivity index (χ1) is 8.76. The smallest absolute Gasteiger partial charge is 0.395 e. The van der Waals surface area contributed by atoms with Crippen molar-refractivity contribution in [1.29, 1.82) is 0 Å². The summed E-state index contributed by atoms with van der Waals surface area (Å²) in [6.07, 6.45) is 8.03. The highest BCUT2D eigenvalue weighted by molar-refractivity contribution is 5.65. The fourth-order valence-corrected chi connectivity index (χ4v) is 1.18. The van der Waals surface area contributed by atoms with Crippen molar-refractivity contribution in [2.75, 3.05) is 0 Å². The monoisotopic (exact) mass is 244 g/mol. The summed E-state index contributed by atoms with van der Waals surface area (Å²) in [5.74, 6) is 0.880. The zero-order valence-electron chi connectivity index (χ0n) is 10.5. The van der Waals surface area contributed by atoms with E-state index in [2.05, 4.69) is 0 Å². The molecule has 3 nitrogen and oxygen atoms in total. The quantitative estimate of drug-likeness (QED) is 0.344. The molecule has 0 aliphatic heterocycles. The van der Waals surface area contributed by atoms with Crippen LogP contribution < -0.4 is 4.74 Å². The van der Waals surface area contributed by atoms with Gasteiger partial charge < -0.3 is 9.47 Å². The van der Waals surface area contributed by atoms with E-state index in [-0.39, 0.29) is 0 Å². The predicted octanol–water partition coefficient (Wildman–Crippen LogP) is 4.24. The van der Waals surface area contributed by atoms with Gasteiger partial charge in [-0.25, -0.2) is 4.79 Å². The fraction of sp³-hybridized carbons (Fsp3) is 0.133. The zero-order chi connectivity index (χ0) is 13.2. The number of carbonyl (C=O) groups excluding carboxylic acids is 1. The summed E-state index contributed by atoms with van der Waals surface area (Å²) in [5.41, 5.74) is 0. The molecule has 0 radical (unpaired) electrons. The van der Waals surface area contributed by atoms with Gasteiger partial charge in [-0.3, -0.25) is 0 Å². The molecule has 0 aromatic heterocycles. The zero-order valence-corrected chi connectivity index (χ0v) is 10.5. The summed E-state index contributed by atoms with van der Waals surface area (Å²) in [7, 11) is 0. The second-order valence-corrected chi connectivity index (χ2v) is 3.36. The minimum atomic E-state index is -0.755. The lowest BCUT2D eigenvalue weighted by atomic mass is 10.3. The van der Waals surface area contributed by atoms with Crippen molar-refractivity contribution >= 4 is 6.16 Å². The SMILES string of the molecule is C\C=C/C=C(\C=C/C)OC(=O)Oc1ccccc1. The summed E-state index contributed by atoms with van der Waals surface area (Å²) in [5, 5.41) is 0. The van der Waals surface area contributed by atoms with Crippen molar-refractivity contribution in [2.45, 2.75) is 13.8 Å². The van der Waals surface area contributed by atoms with Gasteiger partial charge in [-0.05, 0) is 38.1 Å². The van der Waals surface area contributed by atoms with Crippen molar-refractivity contribution in [1.82, 2.24) is 0 Å². The topological polar surface area (TPSA) is 35.5 Å². The van der Waals surface area contributed by atoms with Crippen LogP contribution in [0.5, 0.6) is 5.75 Å². The third-order valence-electron chi connectivity index (χ3n) is 1.93. The van der Waals surface area contributed by atoms with Gasteiger partial charge in [-0.15, -0.1) is 0 Å². The molecule has 0 aliphatic rings.